The Balaban J connectivity index is 0.00000264. The average molecular weight is 339 g/mol. The van der Waals surface area contributed by atoms with Crippen LogP contribution < -0.4 is 5.73 Å². The fourth-order valence-corrected chi connectivity index (χ4v) is 3.30. The summed E-state index contributed by atoms with van der Waals surface area (Å²) in [6.07, 6.45) is 7.27. The van der Waals surface area contributed by atoms with Crippen LogP contribution in [0.5, 0.6) is 0 Å². The van der Waals surface area contributed by atoms with E-state index in [1.807, 2.05) is 24.3 Å². The molecular weight excluding hydrogens is 308 g/mol. The van der Waals surface area contributed by atoms with Crippen molar-refractivity contribution < 1.29 is 4.79 Å². The van der Waals surface area contributed by atoms with Crippen molar-refractivity contribution in [3.05, 3.63) is 29.8 Å². The standard InChI is InChI=1S/C19H30N2O.ClH/c1-15(2)10-12-17-8-5-6-14-21(17)19(22)13-11-16-7-3-4-9-18(16)20;/h3-4,7,9,15,17H,5-6,8,10-14,20H2,1-2H3;1H. The molecule has 1 aromatic rings. The normalized spacial score (nSPS) is 17.9. The summed E-state index contributed by atoms with van der Waals surface area (Å²) in [7, 11) is 0. The number of benzene rings is 1. The second-order valence-electron chi connectivity index (χ2n) is 6.91. The lowest BCUT2D eigenvalue weighted by atomic mass is 9.94. The third-order valence-corrected chi connectivity index (χ3v) is 4.69. The molecule has 1 atom stereocenters. The lowest BCUT2D eigenvalue weighted by Crippen LogP contribution is -2.44. The quantitative estimate of drug-likeness (QED) is 0.779. The predicted molar refractivity (Wildman–Crippen MR) is 99.8 cm³/mol. The van der Waals surface area contributed by atoms with Crippen LogP contribution in [0.3, 0.4) is 0 Å². The van der Waals surface area contributed by atoms with Gasteiger partial charge in [0.15, 0.2) is 0 Å². The molecule has 0 saturated carbocycles. The molecule has 1 fully saturated rings. The molecule has 1 amide bonds. The molecule has 0 aromatic heterocycles. The molecule has 23 heavy (non-hydrogen) atoms. The molecule has 1 aliphatic heterocycles. The van der Waals surface area contributed by atoms with E-state index < -0.39 is 0 Å². The molecule has 1 aliphatic rings. The molecule has 0 bridgehead atoms. The number of anilines is 1. The number of nitrogens with zero attached hydrogens (tertiary/aromatic N) is 1. The van der Waals surface area contributed by atoms with Gasteiger partial charge in [0, 0.05) is 24.7 Å². The molecule has 2 rings (SSSR count). The van der Waals surface area contributed by atoms with E-state index in [0.29, 0.717) is 24.3 Å². The van der Waals surface area contributed by atoms with Gasteiger partial charge in [0.1, 0.15) is 0 Å². The Bertz CT molecular complexity index is 490. The number of carbonyl (C=O) groups excluding carboxylic acids is 1. The lowest BCUT2D eigenvalue weighted by Gasteiger charge is -2.36. The van der Waals surface area contributed by atoms with Crippen LogP contribution in [0.15, 0.2) is 24.3 Å². The van der Waals surface area contributed by atoms with Crippen LogP contribution in [0.1, 0.15) is 57.9 Å². The van der Waals surface area contributed by atoms with E-state index in [9.17, 15) is 4.79 Å². The first-order valence-electron chi connectivity index (χ1n) is 8.70. The maximum Gasteiger partial charge on any atom is 0.223 e. The zero-order valence-corrected chi connectivity index (χ0v) is 15.3. The molecule has 1 unspecified atom stereocenters. The topological polar surface area (TPSA) is 46.3 Å². The zero-order valence-electron chi connectivity index (χ0n) is 14.5. The number of rotatable bonds is 6. The van der Waals surface area contributed by atoms with Crippen LogP contribution in [-0.2, 0) is 11.2 Å². The number of piperidine rings is 1. The van der Waals surface area contributed by atoms with Crippen LogP contribution in [0.2, 0.25) is 0 Å². The highest BCUT2D eigenvalue weighted by Gasteiger charge is 2.26. The molecule has 3 nitrogen and oxygen atoms in total. The number of hydrogen-bond donors (Lipinski definition) is 1. The number of amides is 1. The molecule has 1 saturated heterocycles. The van der Waals surface area contributed by atoms with Crippen molar-refractivity contribution >= 4 is 24.0 Å². The largest absolute Gasteiger partial charge is 0.399 e. The highest BCUT2D eigenvalue weighted by Crippen LogP contribution is 2.24. The predicted octanol–water partition coefficient (Wildman–Crippen LogP) is 4.44. The smallest absolute Gasteiger partial charge is 0.223 e. The van der Waals surface area contributed by atoms with Crippen LogP contribution in [0.4, 0.5) is 5.69 Å². The van der Waals surface area contributed by atoms with Gasteiger partial charge >= 0.3 is 0 Å². The van der Waals surface area contributed by atoms with Gasteiger partial charge in [-0.05, 0) is 56.1 Å². The van der Waals surface area contributed by atoms with E-state index in [2.05, 4.69) is 18.7 Å². The van der Waals surface area contributed by atoms with Crippen molar-refractivity contribution in [2.75, 3.05) is 12.3 Å². The van der Waals surface area contributed by atoms with Crippen molar-refractivity contribution in [1.82, 2.24) is 4.90 Å². The maximum atomic E-state index is 12.6. The minimum absolute atomic E-state index is 0. The van der Waals surface area contributed by atoms with Gasteiger partial charge in [-0.1, -0.05) is 32.0 Å². The number of hydrogen-bond acceptors (Lipinski definition) is 2. The van der Waals surface area contributed by atoms with Crippen LogP contribution in [-0.4, -0.2) is 23.4 Å². The summed E-state index contributed by atoms with van der Waals surface area (Å²) in [4.78, 5) is 14.8. The molecule has 0 spiro atoms. The molecule has 4 heteroatoms. The van der Waals surface area contributed by atoms with Gasteiger partial charge < -0.3 is 10.6 Å². The second kappa shape index (κ2) is 9.82. The first-order valence-corrected chi connectivity index (χ1v) is 8.70. The summed E-state index contributed by atoms with van der Waals surface area (Å²) in [6, 6.07) is 8.31. The van der Waals surface area contributed by atoms with Crippen molar-refractivity contribution in [2.45, 2.75) is 64.8 Å². The van der Waals surface area contributed by atoms with Crippen molar-refractivity contribution in [3.8, 4) is 0 Å². The van der Waals surface area contributed by atoms with Crippen molar-refractivity contribution in [1.29, 1.82) is 0 Å². The van der Waals surface area contributed by atoms with Crippen LogP contribution in [0, 0.1) is 5.92 Å². The summed E-state index contributed by atoms with van der Waals surface area (Å²) >= 11 is 0. The third-order valence-electron chi connectivity index (χ3n) is 4.69. The van der Waals surface area contributed by atoms with E-state index in [-0.39, 0.29) is 12.4 Å². The summed E-state index contributed by atoms with van der Waals surface area (Å²) in [6.45, 7) is 5.45. The number of nitrogens with two attached hydrogens (primary N) is 1. The zero-order chi connectivity index (χ0) is 15.9. The monoisotopic (exact) mass is 338 g/mol. The fraction of sp³-hybridized carbons (Fsp3) is 0.632. The lowest BCUT2D eigenvalue weighted by molar-refractivity contribution is -0.135. The van der Waals surface area contributed by atoms with E-state index in [0.717, 1.165) is 37.1 Å². The average Bonchev–Trinajstić information content (AvgIpc) is 2.52. The Morgan fingerprint density at radius 2 is 2.04 bits per heavy atom. The van der Waals surface area contributed by atoms with Gasteiger partial charge in [0.25, 0.3) is 0 Å². The van der Waals surface area contributed by atoms with Crippen molar-refractivity contribution in [2.24, 2.45) is 5.92 Å². The Morgan fingerprint density at radius 1 is 1.30 bits per heavy atom. The minimum Gasteiger partial charge on any atom is -0.399 e. The Hall–Kier alpha value is -1.22. The maximum absolute atomic E-state index is 12.6. The summed E-state index contributed by atoms with van der Waals surface area (Å²) in [5.41, 5.74) is 7.85. The number of carbonyl (C=O) groups is 1. The Labute approximate surface area is 147 Å². The summed E-state index contributed by atoms with van der Waals surface area (Å²) < 4.78 is 0. The molecule has 1 heterocycles. The van der Waals surface area contributed by atoms with Gasteiger partial charge in [-0.15, -0.1) is 12.4 Å². The Morgan fingerprint density at radius 3 is 2.74 bits per heavy atom. The molecule has 1 aromatic carbocycles. The van der Waals surface area contributed by atoms with E-state index in [1.54, 1.807) is 0 Å². The second-order valence-corrected chi connectivity index (χ2v) is 6.91. The highest BCUT2D eigenvalue weighted by molar-refractivity contribution is 5.85. The third kappa shape index (κ3) is 6.06. The number of aryl methyl sites for hydroxylation is 1. The van der Waals surface area contributed by atoms with E-state index in [4.69, 9.17) is 5.73 Å². The summed E-state index contributed by atoms with van der Waals surface area (Å²) in [5, 5.41) is 0. The van der Waals surface area contributed by atoms with Crippen LogP contribution >= 0.6 is 12.4 Å². The Kier molecular flexibility index (Phi) is 8.46. The van der Waals surface area contributed by atoms with Crippen molar-refractivity contribution in [3.63, 3.8) is 0 Å². The first kappa shape index (κ1) is 19.8. The summed E-state index contributed by atoms with van der Waals surface area (Å²) in [5.74, 6) is 1.01. The van der Waals surface area contributed by atoms with Gasteiger partial charge in [-0.25, -0.2) is 0 Å². The number of likely N-dealkylation sites (tertiary alicyclic amines) is 1. The van der Waals surface area contributed by atoms with Gasteiger partial charge in [-0.2, -0.15) is 0 Å². The fourth-order valence-electron chi connectivity index (χ4n) is 3.30. The van der Waals surface area contributed by atoms with E-state index >= 15 is 0 Å². The molecular formula is C19H31ClN2O. The molecule has 0 radical (unpaired) electrons. The first-order chi connectivity index (χ1) is 10.6. The van der Waals surface area contributed by atoms with Gasteiger partial charge in [0.2, 0.25) is 5.91 Å². The van der Waals surface area contributed by atoms with Gasteiger partial charge in [-0.3, -0.25) is 4.79 Å². The number of nitrogen functional groups attached to an aromatic ring is 1. The number of para-hydroxylation sites is 1. The van der Waals surface area contributed by atoms with Gasteiger partial charge in [0.05, 0.1) is 0 Å². The van der Waals surface area contributed by atoms with E-state index in [1.165, 1.54) is 19.3 Å². The highest BCUT2D eigenvalue weighted by atomic mass is 35.5. The molecule has 0 aliphatic carbocycles. The minimum atomic E-state index is 0. The number of halogens is 1. The molecule has 2 N–H and O–H groups in total. The SMILES string of the molecule is CC(C)CCC1CCCCN1C(=O)CCc1ccccc1N.Cl. The molecule has 130 valence electrons. The van der Waals surface area contributed by atoms with Crippen LogP contribution in [0.25, 0.3) is 0 Å².